The van der Waals surface area contributed by atoms with Gasteiger partial charge in [0, 0.05) is 4.47 Å². The second kappa shape index (κ2) is 3.72. The third-order valence-electron chi connectivity index (χ3n) is 2.75. The van der Waals surface area contributed by atoms with Crippen molar-refractivity contribution in [1.29, 1.82) is 5.26 Å². The van der Waals surface area contributed by atoms with Gasteiger partial charge in [0.05, 0.1) is 11.6 Å². The first-order valence-corrected chi connectivity index (χ1v) is 5.45. The Morgan fingerprint density at radius 3 is 2.93 bits per heavy atom. The number of nitrogens with two attached hydrogens (primary N) is 1. The zero-order valence-electron chi connectivity index (χ0n) is 7.70. The van der Waals surface area contributed by atoms with E-state index in [2.05, 4.69) is 22.0 Å². The summed E-state index contributed by atoms with van der Waals surface area (Å²) in [5.74, 6) is 1.17. The van der Waals surface area contributed by atoms with E-state index in [0.29, 0.717) is 11.8 Å². The third kappa shape index (κ3) is 1.68. The lowest BCUT2D eigenvalue weighted by Crippen LogP contribution is -2.02. The quantitative estimate of drug-likeness (QED) is 0.877. The standard InChI is InChI=1S/C11H11BrN2/c12-11-2-1-7(5-13)3-10(11)9-4-8(9)6-14/h1-3,8-9H,4,6,14H2/t8-,9+/m0/s1. The lowest BCUT2D eigenvalue weighted by molar-refractivity contribution is 0.808. The maximum atomic E-state index is 8.79. The molecule has 0 amide bonds. The first-order chi connectivity index (χ1) is 6.76. The molecule has 0 aromatic heterocycles. The highest BCUT2D eigenvalue weighted by Crippen LogP contribution is 2.48. The molecule has 0 bridgehead atoms. The summed E-state index contributed by atoms with van der Waals surface area (Å²) in [6.07, 6.45) is 1.16. The van der Waals surface area contributed by atoms with Crippen molar-refractivity contribution >= 4 is 15.9 Å². The van der Waals surface area contributed by atoms with E-state index in [1.807, 2.05) is 18.2 Å². The molecule has 1 aliphatic carbocycles. The third-order valence-corrected chi connectivity index (χ3v) is 3.47. The van der Waals surface area contributed by atoms with Gasteiger partial charge in [-0.2, -0.15) is 5.26 Å². The van der Waals surface area contributed by atoms with Crippen molar-refractivity contribution in [2.45, 2.75) is 12.3 Å². The van der Waals surface area contributed by atoms with E-state index in [0.717, 1.165) is 23.0 Å². The number of hydrogen-bond donors (Lipinski definition) is 1. The fourth-order valence-corrected chi connectivity index (χ4v) is 2.33. The van der Waals surface area contributed by atoms with Crippen molar-refractivity contribution in [3.8, 4) is 6.07 Å². The Hall–Kier alpha value is -0.850. The van der Waals surface area contributed by atoms with Crippen molar-refractivity contribution in [3.05, 3.63) is 33.8 Å². The summed E-state index contributed by atoms with van der Waals surface area (Å²) >= 11 is 3.51. The second-order valence-corrected chi connectivity index (χ2v) is 4.54. The lowest BCUT2D eigenvalue weighted by atomic mass is 10.1. The van der Waals surface area contributed by atoms with Gasteiger partial charge in [-0.1, -0.05) is 15.9 Å². The minimum Gasteiger partial charge on any atom is -0.330 e. The molecule has 1 aliphatic rings. The summed E-state index contributed by atoms with van der Waals surface area (Å²) in [7, 11) is 0. The van der Waals surface area contributed by atoms with Gasteiger partial charge in [0.2, 0.25) is 0 Å². The van der Waals surface area contributed by atoms with Crippen LogP contribution in [0.1, 0.15) is 23.5 Å². The van der Waals surface area contributed by atoms with Crippen LogP contribution in [0.2, 0.25) is 0 Å². The SMILES string of the molecule is N#Cc1ccc(Br)c([C@@H]2C[C@H]2CN)c1. The minimum absolute atomic E-state index is 0.558. The van der Waals surface area contributed by atoms with E-state index in [-0.39, 0.29) is 0 Å². The van der Waals surface area contributed by atoms with E-state index >= 15 is 0 Å². The van der Waals surface area contributed by atoms with Crippen LogP contribution in [0, 0.1) is 17.2 Å². The highest BCUT2D eigenvalue weighted by Gasteiger charge is 2.38. The molecule has 2 N–H and O–H groups in total. The summed E-state index contributed by atoms with van der Waals surface area (Å²) in [4.78, 5) is 0. The highest BCUT2D eigenvalue weighted by molar-refractivity contribution is 9.10. The molecule has 0 saturated heterocycles. The van der Waals surface area contributed by atoms with E-state index < -0.39 is 0 Å². The number of hydrogen-bond acceptors (Lipinski definition) is 2. The van der Waals surface area contributed by atoms with Gasteiger partial charge in [0.25, 0.3) is 0 Å². The molecule has 14 heavy (non-hydrogen) atoms. The molecule has 0 radical (unpaired) electrons. The number of rotatable bonds is 2. The average Bonchev–Trinajstić information content (AvgIpc) is 2.98. The van der Waals surface area contributed by atoms with Gasteiger partial charge in [-0.3, -0.25) is 0 Å². The molecule has 2 nitrogen and oxygen atoms in total. The van der Waals surface area contributed by atoms with Crippen LogP contribution in [-0.4, -0.2) is 6.54 Å². The fraction of sp³-hybridized carbons (Fsp3) is 0.364. The molecule has 1 aromatic carbocycles. The van der Waals surface area contributed by atoms with Crippen LogP contribution in [-0.2, 0) is 0 Å². The topological polar surface area (TPSA) is 49.8 Å². The van der Waals surface area contributed by atoms with Crippen molar-refractivity contribution in [3.63, 3.8) is 0 Å². The molecule has 0 spiro atoms. The fourth-order valence-electron chi connectivity index (χ4n) is 1.79. The molecule has 1 saturated carbocycles. The number of nitriles is 1. The molecule has 1 fully saturated rings. The number of benzene rings is 1. The van der Waals surface area contributed by atoms with E-state index in [1.54, 1.807) is 0 Å². The van der Waals surface area contributed by atoms with Gasteiger partial charge >= 0.3 is 0 Å². The second-order valence-electron chi connectivity index (χ2n) is 3.69. The molecular weight excluding hydrogens is 240 g/mol. The first kappa shape index (κ1) is 9.70. The monoisotopic (exact) mass is 250 g/mol. The summed E-state index contributed by atoms with van der Waals surface area (Å²) < 4.78 is 1.09. The van der Waals surface area contributed by atoms with Crippen LogP contribution < -0.4 is 5.73 Å². The molecule has 2 rings (SSSR count). The van der Waals surface area contributed by atoms with Crippen LogP contribution in [0.25, 0.3) is 0 Å². The molecule has 3 heteroatoms. The average molecular weight is 251 g/mol. The van der Waals surface area contributed by atoms with E-state index in [9.17, 15) is 0 Å². The predicted molar refractivity (Wildman–Crippen MR) is 58.8 cm³/mol. The molecule has 2 atom stereocenters. The predicted octanol–water partition coefficient (Wildman–Crippen LogP) is 2.38. The Bertz CT molecular complexity index is 395. The smallest absolute Gasteiger partial charge is 0.0991 e. The molecule has 72 valence electrons. The van der Waals surface area contributed by atoms with Crippen LogP contribution >= 0.6 is 15.9 Å². The molecule has 0 aliphatic heterocycles. The lowest BCUT2D eigenvalue weighted by Gasteiger charge is -2.03. The largest absolute Gasteiger partial charge is 0.330 e. The molecule has 0 unspecified atom stereocenters. The maximum absolute atomic E-state index is 8.79. The number of nitrogens with zero attached hydrogens (tertiary/aromatic N) is 1. The van der Waals surface area contributed by atoms with Crippen LogP contribution in [0.3, 0.4) is 0 Å². The summed E-state index contributed by atoms with van der Waals surface area (Å²) in [5, 5.41) is 8.79. The van der Waals surface area contributed by atoms with Crippen LogP contribution in [0.5, 0.6) is 0 Å². The van der Waals surface area contributed by atoms with E-state index in [1.165, 1.54) is 5.56 Å². The Morgan fingerprint density at radius 2 is 2.36 bits per heavy atom. The zero-order chi connectivity index (χ0) is 10.1. The van der Waals surface area contributed by atoms with Gasteiger partial charge in [0.1, 0.15) is 0 Å². The summed E-state index contributed by atoms with van der Waals surface area (Å²) in [6, 6.07) is 7.89. The Balaban J connectivity index is 2.30. The van der Waals surface area contributed by atoms with Crippen LogP contribution in [0.4, 0.5) is 0 Å². The van der Waals surface area contributed by atoms with Crippen molar-refractivity contribution in [1.82, 2.24) is 0 Å². The Labute approximate surface area is 91.9 Å². The zero-order valence-corrected chi connectivity index (χ0v) is 9.29. The number of halogens is 1. The van der Waals surface area contributed by atoms with E-state index in [4.69, 9.17) is 11.0 Å². The maximum Gasteiger partial charge on any atom is 0.0991 e. The van der Waals surface area contributed by atoms with Gasteiger partial charge in [0.15, 0.2) is 0 Å². The van der Waals surface area contributed by atoms with Crippen molar-refractivity contribution in [2.24, 2.45) is 11.7 Å². The first-order valence-electron chi connectivity index (χ1n) is 4.66. The molecule has 0 heterocycles. The van der Waals surface area contributed by atoms with Gasteiger partial charge in [-0.25, -0.2) is 0 Å². The van der Waals surface area contributed by atoms with Crippen molar-refractivity contribution in [2.75, 3.05) is 6.54 Å². The highest BCUT2D eigenvalue weighted by atomic mass is 79.9. The minimum atomic E-state index is 0.558. The molecule has 1 aromatic rings. The Kier molecular flexibility index (Phi) is 2.58. The van der Waals surface area contributed by atoms with Crippen molar-refractivity contribution < 1.29 is 0 Å². The molecular formula is C11H11BrN2. The Morgan fingerprint density at radius 1 is 1.57 bits per heavy atom. The van der Waals surface area contributed by atoms with Gasteiger partial charge in [-0.05, 0) is 48.6 Å². The van der Waals surface area contributed by atoms with Gasteiger partial charge in [-0.15, -0.1) is 0 Å². The summed E-state index contributed by atoms with van der Waals surface area (Å²) in [6.45, 7) is 0.744. The van der Waals surface area contributed by atoms with Gasteiger partial charge < -0.3 is 5.73 Å². The van der Waals surface area contributed by atoms with Crippen LogP contribution in [0.15, 0.2) is 22.7 Å². The normalized spacial score (nSPS) is 24.4. The summed E-state index contributed by atoms with van der Waals surface area (Å²) in [5.41, 5.74) is 7.57.